The molecule has 0 saturated carbocycles. The Hall–Kier alpha value is -3.00. The summed E-state index contributed by atoms with van der Waals surface area (Å²) in [5.74, 6) is -0.0781. The molecule has 1 saturated heterocycles. The zero-order valence-corrected chi connectivity index (χ0v) is 17.3. The Morgan fingerprint density at radius 1 is 1.00 bits per heavy atom. The van der Waals surface area contributed by atoms with Gasteiger partial charge in [-0.05, 0) is 37.1 Å². The Kier molecular flexibility index (Phi) is 5.67. The van der Waals surface area contributed by atoms with Crippen molar-refractivity contribution in [1.82, 2.24) is 14.5 Å². The third kappa shape index (κ3) is 4.00. The molecule has 30 heavy (non-hydrogen) atoms. The van der Waals surface area contributed by atoms with Crippen molar-refractivity contribution in [3.05, 3.63) is 71.3 Å². The summed E-state index contributed by atoms with van der Waals surface area (Å²) in [5, 5.41) is 0.0515. The van der Waals surface area contributed by atoms with Crippen LogP contribution in [0.25, 0.3) is 10.9 Å². The number of sulfone groups is 1. The summed E-state index contributed by atoms with van der Waals surface area (Å²) >= 11 is 0. The van der Waals surface area contributed by atoms with Crippen LogP contribution in [-0.2, 0) is 21.2 Å². The highest BCUT2D eigenvalue weighted by molar-refractivity contribution is 7.92. The van der Waals surface area contributed by atoms with E-state index >= 15 is 0 Å². The summed E-state index contributed by atoms with van der Waals surface area (Å²) in [6.07, 6.45) is 2.48. The summed E-state index contributed by atoms with van der Waals surface area (Å²) in [4.78, 5) is 31.4. The summed E-state index contributed by atoms with van der Waals surface area (Å²) < 4.78 is 27.0. The highest BCUT2D eigenvalue weighted by Crippen LogP contribution is 2.24. The number of aryl methyl sites for hydroxylation is 1. The largest absolute Gasteiger partial charge is 0.343 e. The van der Waals surface area contributed by atoms with E-state index < -0.39 is 15.1 Å². The van der Waals surface area contributed by atoms with E-state index in [2.05, 4.69) is 4.98 Å². The number of aromatic nitrogens is 2. The first-order valence-corrected chi connectivity index (χ1v) is 11.5. The van der Waals surface area contributed by atoms with Gasteiger partial charge in [-0.1, -0.05) is 30.3 Å². The van der Waals surface area contributed by atoms with E-state index in [0.717, 1.165) is 0 Å². The van der Waals surface area contributed by atoms with Crippen molar-refractivity contribution in [3.8, 4) is 0 Å². The van der Waals surface area contributed by atoms with Gasteiger partial charge in [0.15, 0.2) is 9.84 Å². The zero-order chi connectivity index (χ0) is 21.1. The molecule has 1 aromatic heterocycles. The Bertz CT molecular complexity index is 1210. The van der Waals surface area contributed by atoms with Crippen molar-refractivity contribution in [2.45, 2.75) is 36.0 Å². The van der Waals surface area contributed by atoms with Gasteiger partial charge in [-0.25, -0.2) is 13.4 Å². The highest BCUT2D eigenvalue weighted by Gasteiger charge is 2.32. The van der Waals surface area contributed by atoms with E-state index in [1.165, 1.54) is 10.9 Å². The lowest BCUT2D eigenvalue weighted by Crippen LogP contribution is -2.43. The van der Waals surface area contributed by atoms with Gasteiger partial charge in [0.1, 0.15) is 0 Å². The monoisotopic (exact) mass is 425 g/mol. The van der Waals surface area contributed by atoms with Crippen molar-refractivity contribution in [2.75, 3.05) is 13.1 Å². The van der Waals surface area contributed by atoms with Crippen molar-refractivity contribution < 1.29 is 13.2 Å². The Morgan fingerprint density at radius 3 is 2.40 bits per heavy atom. The van der Waals surface area contributed by atoms with Crippen LogP contribution in [0.1, 0.15) is 19.3 Å². The average molecular weight is 426 g/mol. The lowest BCUT2D eigenvalue weighted by atomic mass is 10.1. The molecule has 0 radical (unpaired) electrons. The molecule has 0 atom stereocenters. The summed E-state index contributed by atoms with van der Waals surface area (Å²) in [7, 11) is -3.38. The van der Waals surface area contributed by atoms with E-state index in [9.17, 15) is 18.0 Å². The fraction of sp³-hybridized carbons (Fsp3) is 0.318. The van der Waals surface area contributed by atoms with Crippen LogP contribution in [0.15, 0.2) is 70.6 Å². The fourth-order valence-corrected chi connectivity index (χ4v) is 5.61. The minimum atomic E-state index is -3.38. The van der Waals surface area contributed by atoms with Crippen molar-refractivity contribution in [3.63, 3.8) is 0 Å². The molecule has 2 heterocycles. The fourth-order valence-electron chi connectivity index (χ4n) is 3.86. The summed E-state index contributed by atoms with van der Waals surface area (Å²) in [6.45, 7) is 1.05. The Labute approximate surface area is 174 Å². The SMILES string of the molecule is O=C(CCn1cnc2ccccc2c1=O)N1CCC(S(=O)(=O)c2ccccc2)CC1. The molecular formula is C22H23N3O4S. The number of likely N-dealkylation sites (tertiary alicyclic amines) is 1. The molecule has 0 bridgehead atoms. The molecule has 1 aliphatic heterocycles. The molecule has 1 amide bonds. The van der Waals surface area contributed by atoms with Crippen LogP contribution in [0.4, 0.5) is 0 Å². The van der Waals surface area contributed by atoms with Gasteiger partial charge in [-0.2, -0.15) is 0 Å². The molecule has 3 aromatic rings. The molecule has 156 valence electrons. The molecule has 2 aromatic carbocycles. The molecular weight excluding hydrogens is 402 g/mol. The van der Waals surface area contributed by atoms with Crippen molar-refractivity contribution >= 4 is 26.6 Å². The Balaban J connectivity index is 1.36. The third-order valence-electron chi connectivity index (χ3n) is 5.60. The molecule has 0 aliphatic carbocycles. The maximum Gasteiger partial charge on any atom is 0.261 e. The lowest BCUT2D eigenvalue weighted by molar-refractivity contribution is -0.132. The van der Waals surface area contributed by atoms with Crippen LogP contribution in [0, 0.1) is 0 Å². The molecule has 1 fully saturated rings. The normalized spacial score (nSPS) is 15.4. The van der Waals surface area contributed by atoms with Crippen LogP contribution in [0.3, 0.4) is 0 Å². The summed E-state index contributed by atoms with van der Waals surface area (Å²) in [5.41, 5.74) is 0.466. The lowest BCUT2D eigenvalue weighted by Gasteiger charge is -2.32. The minimum absolute atomic E-state index is 0.0781. The van der Waals surface area contributed by atoms with Crippen LogP contribution in [0.5, 0.6) is 0 Å². The second-order valence-electron chi connectivity index (χ2n) is 7.45. The van der Waals surface area contributed by atoms with Crippen LogP contribution < -0.4 is 5.56 Å². The molecule has 1 aliphatic rings. The second kappa shape index (κ2) is 8.39. The predicted molar refractivity (Wildman–Crippen MR) is 114 cm³/mol. The van der Waals surface area contributed by atoms with Gasteiger partial charge in [0.05, 0.1) is 27.4 Å². The van der Waals surface area contributed by atoms with Gasteiger partial charge < -0.3 is 4.90 Å². The number of nitrogens with zero attached hydrogens (tertiary/aromatic N) is 3. The molecule has 8 heteroatoms. The molecule has 0 N–H and O–H groups in total. The quantitative estimate of drug-likeness (QED) is 0.626. The molecule has 4 rings (SSSR count). The van der Waals surface area contributed by atoms with Gasteiger partial charge in [-0.15, -0.1) is 0 Å². The Morgan fingerprint density at radius 2 is 1.67 bits per heavy atom. The van der Waals surface area contributed by atoms with E-state index in [0.29, 0.717) is 41.7 Å². The highest BCUT2D eigenvalue weighted by atomic mass is 32.2. The molecule has 0 spiro atoms. The smallest absolute Gasteiger partial charge is 0.261 e. The topological polar surface area (TPSA) is 89.3 Å². The first kappa shape index (κ1) is 20.3. The number of amides is 1. The zero-order valence-electron chi connectivity index (χ0n) is 16.5. The number of rotatable bonds is 5. The standard InChI is InChI=1S/C22H23N3O4S/c26-21(12-15-25-16-23-20-9-5-4-8-19(20)22(25)27)24-13-10-18(11-14-24)30(28,29)17-6-2-1-3-7-17/h1-9,16,18H,10-15H2. The van der Waals surface area contributed by atoms with Crippen LogP contribution >= 0.6 is 0 Å². The van der Waals surface area contributed by atoms with Gasteiger partial charge in [0, 0.05) is 26.1 Å². The maximum absolute atomic E-state index is 12.8. The number of carbonyl (C=O) groups excluding carboxylic acids is 1. The van der Waals surface area contributed by atoms with E-state index in [-0.39, 0.29) is 24.4 Å². The predicted octanol–water partition coefficient (Wildman–Crippen LogP) is 2.25. The van der Waals surface area contributed by atoms with Gasteiger partial charge >= 0.3 is 0 Å². The number of hydrogen-bond donors (Lipinski definition) is 0. The summed E-state index contributed by atoms with van der Waals surface area (Å²) in [6, 6.07) is 15.6. The average Bonchev–Trinajstić information content (AvgIpc) is 2.79. The van der Waals surface area contributed by atoms with Gasteiger partial charge in [0.2, 0.25) is 5.91 Å². The van der Waals surface area contributed by atoms with Crippen LogP contribution in [-0.4, -0.2) is 47.1 Å². The molecule has 0 unspecified atom stereocenters. The van der Waals surface area contributed by atoms with E-state index in [4.69, 9.17) is 0 Å². The third-order valence-corrected chi connectivity index (χ3v) is 7.88. The van der Waals surface area contributed by atoms with E-state index in [1.807, 2.05) is 6.07 Å². The van der Waals surface area contributed by atoms with Crippen molar-refractivity contribution in [1.29, 1.82) is 0 Å². The first-order chi connectivity index (χ1) is 14.5. The number of para-hydroxylation sites is 1. The minimum Gasteiger partial charge on any atom is -0.343 e. The maximum atomic E-state index is 12.8. The number of carbonyl (C=O) groups is 1. The van der Waals surface area contributed by atoms with E-state index in [1.54, 1.807) is 53.4 Å². The number of piperidine rings is 1. The van der Waals surface area contributed by atoms with Crippen LogP contribution in [0.2, 0.25) is 0 Å². The number of fused-ring (bicyclic) bond motifs is 1. The number of hydrogen-bond acceptors (Lipinski definition) is 5. The van der Waals surface area contributed by atoms with Crippen molar-refractivity contribution in [2.24, 2.45) is 0 Å². The second-order valence-corrected chi connectivity index (χ2v) is 9.68. The first-order valence-electron chi connectivity index (χ1n) is 9.98. The van der Waals surface area contributed by atoms with Gasteiger partial charge in [-0.3, -0.25) is 14.2 Å². The van der Waals surface area contributed by atoms with Gasteiger partial charge in [0.25, 0.3) is 5.56 Å². The number of benzene rings is 2. The molecule has 7 nitrogen and oxygen atoms in total.